The number of benzene rings is 1. The van der Waals surface area contributed by atoms with Crippen LogP contribution in [-0.4, -0.2) is 159 Å². The maximum absolute atomic E-state index is 14.1. The monoisotopic (exact) mass is 1070 g/mol. The summed E-state index contributed by atoms with van der Waals surface area (Å²) in [5.74, 6) is -10.8. The predicted molar refractivity (Wildman–Crippen MR) is 274 cm³/mol. The minimum absolute atomic E-state index is 0.000795. The van der Waals surface area contributed by atoms with Gasteiger partial charge in [0.15, 0.2) is 0 Å². The number of rotatable bonds is 35. The largest absolute Gasteiger partial charge is 0.480 e. The Bertz CT molecular complexity index is 2060. The van der Waals surface area contributed by atoms with Crippen molar-refractivity contribution in [2.24, 2.45) is 35.0 Å². The highest BCUT2D eigenvalue weighted by Gasteiger charge is 2.37. The molecule has 26 heteroatoms. The van der Waals surface area contributed by atoms with Gasteiger partial charge in [-0.05, 0) is 74.4 Å². The summed E-state index contributed by atoms with van der Waals surface area (Å²) in [5.41, 5.74) is 16.9. The van der Waals surface area contributed by atoms with Crippen molar-refractivity contribution >= 4 is 76.8 Å². The molecule has 0 saturated heterocycles. The fourth-order valence-corrected chi connectivity index (χ4v) is 7.68. The molecule has 0 saturated carbocycles. The van der Waals surface area contributed by atoms with E-state index in [2.05, 4.69) is 42.5 Å². The molecule has 25 nitrogen and oxygen atoms in total. The van der Waals surface area contributed by atoms with Crippen LogP contribution in [0.5, 0.6) is 0 Å². The van der Waals surface area contributed by atoms with E-state index in [4.69, 9.17) is 17.2 Å². The highest BCUT2D eigenvalue weighted by atomic mass is 32.2. The van der Waals surface area contributed by atoms with Gasteiger partial charge in [0, 0.05) is 19.3 Å². The average Bonchev–Trinajstić information content (AvgIpc) is 3.31. The summed E-state index contributed by atoms with van der Waals surface area (Å²) in [6.45, 7) is 10.6. The zero-order valence-corrected chi connectivity index (χ0v) is 44.3. The number of primary amides is 2. The van der Waals surface area contributed by atoms with Crippen LogP contribution in [0.1, 0.15) is 99.0 Å². The van der Waals surface area contributed by atoms with Crippen LogP contribution in [0.4, 0.5) is 0 Å². The summed E-state index contributed by atoms with van der Waals surface area (Å²) in [6, 6.07) is -4.67. The molecular formula is C48H79N11O14S. The van der Waals surface area contributed by atoms with E-state index in [1.165, 1.54) is 11.8 Å². The summed E-state index contributed by atoms with van der Waals surface area (Å²) in [4.78, 5) is 145. The lowest BCUT2D eigenvalue weighted by Crippen LogP contribution is -2.62. The van der Waals surface area contributed by atoms with E-state index in [0.29, 0.717) is 11.3 Å². The van der Waals surface area contributed by atoms with Gasteiger partial charge in [0.05, 0.1) is 18.8 Å². The summed E-state index contributed by atoms with van der Waals surface area (Å²) in [5, 5.41) is 50.4. The zero-order valence-electron chi connectivity index (χ0n) is 43.4. The fourth-order valence-electron chi connectivity index (χ4n) is 7.20. The molecule has 0 radical (unpaired) electrons. The molecule has 416 valence electrons. The van der Waals surface area contributed by atoms with Crippen LogP contribution in [0.25, 0.3) is 0 Å². The third-order valence-electron chi connectivity index (χ3n) is 11.3. The number of aliphatic carboxylic acids is 1. The molecule has 0 aromatic heterocycles. The number of aliphatic hydroxyl groups excluding tert-OH is 2. The SMILES string of the molecule is CSCC[C@H](NC(=O)[C@H](CCC(N)=O)NC(=O)[C@@H](NC(=O)[C@H](Cc1ccccc1)NC(=O)[C@H](CO)NC(=O)[C@@H](N)CCC(N)=O)[C@@H](C)O)C(=O)N[C@@H](CC(C)C)C(=O)N[C@@H](CC(C)C)C(=O)N[C@H](C(=O)O)C(C)C. The maximum Gasteiger partial charge on any atom is 0.326 e. The standard InChI is InChI=1S/C48H79N11O14S/c1-24(2)20-32(43(67)55-33(21-25(3)4)44(68)58-38(26(5)6)48(72)73)54-42(66)31(18-19-74-8)52-41(65)30(15-17-37(51)63)53-47(71)39(27(7)61)59-45(69)34(22-28-12-10-9-11-13-28)56-46(70)35(23-60)57-40(64)29(49)14-16-36(50)62/h9-13,24-27,29-35,38-39,60-61H,14-23,49H2,1-8H3,(H2,50,62)(H2,51,63)(H,52,65)(H,53,71)(H,54,66)(H,55,67)(H,56,70)(H,57,64)(H,58,68)(H,59,69)(H,72,73)/t27-,29+,30+,31+,32+,33+,34+,35+,38+,39+/m1/s1. The normalized spacial score (nSPS) is 15.3. The topological polar surface area (TPSA) is 423 Å². The van der Waals surface area contributed by atoms with Crippen molar-refractivity contribution in [3.63, 3.8) is 0 Å². The number of thioether (sulfide) groups is 1. The van der Waals surface area contributed by atoms with Crippen molar-refractivity contribution in [1.29, 1.82) is 0 Å². The number of nitrogens with two attached hydrogens (primary N) is 3. The Morgan fingerprint density at radius 1 is 0.527 bits per heavy atom. The second-order valence-corrected chi connectivity index (χ2v) is 20.2. The van der Waals surface area contributed by atoms with Crippen molar-refractivity contribution in [2.75, 3.05) is 18.6 Å². The Labute approximate surface area is 435 Å². The molecule has 0 unspecified atom stereocenters. The third kappa shape index (κ3) is 24.6. The smallest absolute Gasteiger partial charge is 0.326 e. The molecule has 74 heavy (non-hydrogen) atoms. The van der Waals surface area contributed by atoms with E-state index in [9.17, 15) is 68.1 Å². The number of nitrogens with one attached hydrogen (secondary N) is 8. The van der Waals surface area contributed by atoms with E-state index in [0.717, 1.165) is 6.92 Å². The van der Waals surface area contributed by atoms with Gasteiger partial charge in [0.25, 0.3) is 0 Å². The second-order valence-electron chi connectivity index (χ2n) is 19.2. The molecule has 0 aliphatic carbocycles. The molecule has 1 aromatic rings. The molecule has 0 heterocycles. The van der Waals surface area contributed by atoms with E-state index in [1.807, 2.05) is 0 Å². The summed E-state index contributed by atoms with van der Waals surface area (Å²) in [6.07, 6.45) is -1.21. The predicted octanol–water partition coefficient (Wildman–Crippen LogP) is -3.08. The molecule has 0 aliphatic rings. The lowest BCUT2D eigenvalue weighted by atomic mass is 9.98. The van der Waals surface area contributed by atoms with Gasteiger partial charge in [-0.15, -0.1) is 0 Å². The first kappa shape index (κ1) is 65.6. The fraction of sp³-hybridized carbons (Fsp3) is 0.646. The van der Waals surface area contributed by atoms with Crippen LogP contribution in [0.2, 0.25) is 0 Å². The molecule has 10 atom stereocenters. The molecule has 0 fully saturated rings. The minimum Gasteiger partial charge on any atom is -0.480 e. The molecule has 0 aliphatic heterocycles. The van der Waals surface area contributed by atoms with Crippen molar-refractivity contribution in [3.05, 3.63) is 35.9 Å². The number of carbonyl (C=O) groups is 11. The molecule has 0 bridgehead atoms. The second kappa shape index (κ2) is 33.4. The number of aliphatic hydroxyl groups is 2. The van der Waals surface area contributed by atoms with Crippen LogP contribution in [0, 0.1) is 17.8 Å². The molecule has 1 rings (SSSR count). The van der Waals surface area contributed by atoms with Gasteiger partial charge < -0.3 is 75.1 Å². The van der Waals surface area contributed by atoms with E-state index >= 15 is 0 Å². The van der Waals surface area contributed by atoms with Crippen LogP contribution >= 0.6 is 11.8 Å². The summed E-state index contributed by atoms with van der Waals surface area (Å²) in [7, 11) is 0. The summed E-state index contributed by atoms with van der Waals surface area (Å²) >= 11 is 1.33. The van der Waals surface area contributed by atoms with Crippen molar-refractivity contribution in [3.8, 4) is 0 Å². The first-order valence-corrected chi connectivity index (χ1v) is 25.8. The molecule has 10 amide bonds. The first-order chi connectivity index (χ1) is 34.6. The lowest BCUT2D eigenvalue weighted by molar-refractivity contribution is -0.143. The molecule has 0 spiro atoms. The molecular weight excluding hydrogens is 987 g/mol. The van der Waals surface area contributed by atoms with Gasteiger partial charge in [0.1, 0.15) is 48.3 Å². The number of carboxylic acid groups (broad SMARTS) is 1. The number of hydrogen-bond acceptors (Lipinski definition) is 15. The highest BCUT2D eigenvalue weighted by Crippen LogP contribution is 2.13. The number of amides is 10. The Morgan fingerprint density at radius 2 is 0.932 bits per heavy atom. The van der Waals surface area contributed by atoms with Crippen LogP contribution in [-0.2, 0) is 59.2 Å². The van der Waals surface area contributed by atoms with Gasteiger partial charge in [0.2, 0.25) is 59.1 Å². The third-order valence-corrected chi connectivity index (χ3v) is 11.9. The summed E-state index contributed by atoms with van der Waals surface area (Å²) < 4.78 is 0. The van der Waals surface area contributed by atoms with Crippen LogP contribution in [0.3, 0.4) is 0 Å². The van der Waals surface area contributed by atoms with E-state index in [1.54, 1.807) is 78.1 Å². The van der Waals surface area contributed by atoms with Gasteiger partial charge in [-0.2, -0.15) is 11.8 Å². The van der Waals surface area contributed by atoms with Gasteiger partial charge >= 0.3 is 5.97 Å². The van der Waals surface area contributed by atoms with E-state index in [-0.39, 0.29) is 50.4 Å². The first-order valence-electron chi connectivity index (χ1n) is 24.4. The van der Waals surface area contributed by atoms with Gasteiger partial charge in [-0.3, -0.25) is 47.9 Å². The quantitative estimate of drug-likeness (QED) is 0.0321. The number of carbonyl (C=O) groups excluding carboxylic acids is 10. The zero-order chi connectivity index (χ0) is 56.4. The Hall–Kier alpha value is -6.38. The number of carboxylic acids is 1. The Balaban J connectivity index is 3.48. The Morgan fingerprint density at radius 3 is 1.39 bits per heavy atom. The van der Waals surface area contributed by atoms with Crippen molar-refractivity contribution in [1.82, 2.24) is 42.5 Å². The Kier molecular flexibility index (Phi) is 29.7. The average molecular weight is 1070 g/mol. The van der Waals surface area contributed by atoms with Gasteiger partial charge in [-0.25, -0.2) is 4.79 Å². The highest BCUT2D eigenvalue weighted by molar-refractivity contribution is 7.98. The van der Waals surface area contributed by atoms with E-state index < -0.39 is 151 Å². The van der Waals surface area contributed by atoms with Crippen molar-refractivity contribution in [2.45, 2.75) is 160 Å². The van der Waals surface area contributed by atoms with Crippen molar-refractivity contribution < 1.29 is 68.1 Å². The molecule has 1 aromatic carbocycles. The molecule has 17 N–H and O–H groups in total. The van der Waals surface area contributed by atoms with Crippen LogP contribution < -0.4 is 59.7 Å². The lowest BCUT2D eigenvalue weighted by Gasteiger charge is -2.29. The van der Waals surface area contributed by atoms with Crippen LogP contribution in [0.15, 0.2) is 30.3 Å². The number of hydrogen-bond donors (Lipinski definition) is 14. The van der Waals surface area contributed by atoms with Gasteiger partial charge in [-0.1, -0.05) is 71.9 Å². The minimum atomic E-state index is -1.83. The maximum atomic E-state index is 14.1.